The first-order valence-corrected chi connectivity index (χ1v) is 10.5. The second-order valence-electron chi connectivity index (χ2n) is 7.78. The molecule has 5 rings (SSSR count). The van der Waals surface area contributed by atoms with Gasteiger partial charge in [-0.3, -0.25) is 9.48 Å². The van der Waals surface area contributed by atoms with Crippen molar-refractivity contribution in [3.8, 4) is 0 Å². The zero-order valence-corrected chi connectivity index (χ0v) is 17.2. The summed E-state index contributed by atoms with van der Waals surface area (Å²) in [6.07, 6.45) is 5.42. The molecule has 152 valence electrons. The van der Waals surface area contributed by atoms with Gasteiger partial charge in [-0.1, -0.05) is 35.9 Å². The molecular weight excluding hydrogens is 398 g/mol. The smallest absolute Gasteiger partial charge is 0.253 e. The molecule has 0 radical (unpaired) electrons. The van der Waals surface area contributed by atoms with Gasteiger partial charge in [0, 0.05) is 30.8 Å². The average molecular weight is 420 g/mol. The molecule has 4 aromatic rings. The van der Waals surface area contributed by atoms with E-state index in [1.807, 2.05) is 53.4 Å². The number of carbonyl (C=O) groups excluding carboxylic acids is 1. The molecule has 0 aliphatic carbocycles. The zero-order valence-electron chi connectivity index (χ0n) is 16.5. The number of hydrogen-bond donors (Lipinski definition) is 1. The van der Waals surface area contributed by atoms with Crippen LogP contribution >= 0.6 is 11.6 Å². The van der Waals surface area contributed by atoms with Crippen LogP contribution in [0.25, 0.3) is 11.0 Å². The minimum atomic E-state index is 0.0736. The summed E-state index contributed by atoms with van der Waals surface area (Å²) in [7, 11) is 0. The number of hydrogen-bond acceptors (Lipinski definition) is 3. The highest BCUT2D eigenvalue weighted by Crippen LogP contribution is 2.27. The van der Waals surface area contributed by atoms with Crippen molar-refractivity contribution in [2.75, 3.05) is 13.1 Å². The normalized spacial score (nSPS) is 16.8. The quantitative estimate of drug-likeness (QED) is 0.530. The molecular formula is C23H22ClN5O. The maximum absolute atomic E-state index is 13.1. The molecule has 2 aromatic carbocycles. The van der Waals surface area contributed by atoms with Crippen molar-refractivity contribution < 1.29 is 4.79 Å². The number of nitrogens with zero attached hydrogens (tertiary/aromatic N) is 4. The van der Waals surface area contributed by atoms with E-state index in [9.17, 15) is 4.79 Å². The first-order chi connectivity index (χ1) is 14.7. The van der Waals surface area contributed by atoms with Crippen LogP contribution < -0.4 is 0 Å². The van der Waals surface area contributed by atoms with E-state index in [1.165, 1.54) is 0 Å². The predicted octanol–water partition coefficient (Wildman–Crippen LogP) is 4.48. The second-order valence-corrected chi connectivity index (χ2v) is 8.22. The highest BCUT2D eigenvalue weighted by atomic mass is 35.5. The molecule has 0 bridgehead atoms. The maximum atomic E-state index is 13.1. The number of likely N-dealkylation sites (tertiary alicyclic amines) is 1. The fourth-order valence-corrected chi connectivity index (χ4v) is 4.25. The zero-order chi connectivity index (χ0) is 20.5. The molecule has 3 heterocycles. The maximum Gasteiger partial charge on any atom is 0.253 e. The molecule has 1 atom stereocenters. The lowest BCUT2D eigenvalue weighted by atomic mass is 9.96. The SMILES string of the molecule is O=C(c1ccc(Cn2cc(Cl)cn2)cc1)N1CCCC(c2nc3ccccc3[nH]2)C1. The van der Waals surface area contributed by atoms with Gasteiger partial charge in [-0.15, -0.1) is 0 Å². The summed E-state index contributed by atoms with van der Waals surface area (Å²) in [5.74, 6) is 1.28. The number of imidazole rings is 1. The number of benzene rings is 2. The van der Waals surface area contributed by atoms with Crippen LogP contribution in [0.1, 0.15) is 40.5 Å². The van der Waals surface area contributed by atoms with Gasteiger partial charge in [-0.2, -0.15) is 5.10 Å². The largest absolute Gasteiger partial charge is 0.342 e. The second kappa shape index (κ2) is 7.95. The molecule has 0 saturated carbocycles. The number of fused-ring (bicyclic) bond motifs is 1. The average Bonchev–Trinajstić information content (AvgIpc) is 3.40. The number of aromatic nitrogens is 4. The van der Waals surface area contributed by atoms with Crippen LogP contribution in [0.5, 0.6) is 0 Å². The van der Waals surface area contributed by atoms with Gasteiger partial charge in [-0.05, 0) is 42.7 Å². The van der Waals surface area contributed by atoms with E-state index >= 15 is 0 Å². The Hall–Kier alpha value is -3.12. The molecule has 7 heteroatoms. The Kier molecular flexibility index (Phi) is 5.01. The van der Waals surface area contributed by atoms with Crippen molar-refractivity contribution in [3.63, 3.8) is 0 Å². The Bertz CT molecular complexity index is 1150. The van der Waals surface area contributed by atoms with Crippen molar-refractivity contribution in [1.29, 1.82) is 0 Å². The lowest BCUT2D eigenvalue weighted by Crippen LogP contribution is -2.39. The number of aromatic amines is 1. The van der Waals surface area contributed by atoms with Crippen LogP contribution in [-0.4, -0.2) is 43.6 Å². The predicted molar refractivity (Wildman–Crippen MR) is 117 cm³/mol. The first kappa shape index (κ1) is 18.9. The molecule has 1 N–H and O–H groups in total. The third kappa shape index (κ3) is 3.83. The number of halogens is 1. The van der Waals surface area contributed by atoms with Gasteiger partial charge in [0.2, 0.25) is 0 Å². The van der Waals surface area contributed by atoms with Gasteiger partial charge >= 0.3 is 0 Å². The van der Waals surface area contributed by atoms with E-state index in [0.29, 0.717) is 23.7 Å². The molecule has 1 amide bonds. The van der Waals surface area contributed by atoms with E-state index in [0.717, 1.165) is 41.8 Å². The van der Waals surface area contributed by atoms with Crippen LogP contribution in [0.2, 0.25) is 5.02 Å². The van der Waals surface area contributed by atoms with Gasteiger partial charge in [0.1, 0.15) is 5.82 Å². The number of rotatable bonds is 4. The van der Waals surface area contributed by atoms with Crippen LogP contribution in [0.15, 0.2) is 60.9 Å². The van der Waals surface area contributed by atoms with Crippen molar-refractivity contribution in [3.05, 3.63) is 82.9 Å². The number of nitrogens with one attached hydrogen (secondary N) is 1. The summed E-state index contributed by atoms with van der Waals surface area (Å²) in [5, 5.41) is 4.81. The molecule has 0 spiro atoms. The van der Waals surface area contributed by atoms with E-state index < -0.39 is 0 Å². The van der Waals surface area contributed by atoms with Crippen LogP contribution in [0.3, 0.4) is 0 Å². The number of piperidine rings is 1. The number of para-hydroxylation sites is 2. The molecule has 1 aliphatic heterocycles. The summed E-state index contributed by atoms with van der Waals surface area (Å²) in [5.41, 5.74) is 3.81. The summed E-state index contributed by atoms with van der Waals surface area (Å²) in [6.45, 7) is 2.09. The molecule has 6 nitrogen and oxygen atoms in total. The minimum absolute atomic E-state index is 0.0736. The molecule has 1 unspecified atom stereocenters. The van der Waals surface area contributed by atoms with E-state index in [-0.39, 0.29) is 11.8 Å². The fourth-order valence-electron chi connectivity index (χ4n) is 4.10. The third-order valence-corrected chi connectivity index (χ3v) is 5.85. The Labute approximate surface area is 179 Å². The minimum Gasteiger partial charge on any atom is -0.342 e. The highest BCUT2D eigenvalue weighted by molar-refractivity contribution is 6.30. The van der Waals surface area contributed by atoms with Gasteiger partial charge in [0.25, 0.3) is 5.91 Å². The molecule has 1 aliphatic rings. The summed E-state index contributed by atoms with van der Waals surface area (Å²) < 4.78 is 1.78. The lowest BCUT2D eigenvalue weighted by molar-refractivity contribution is 0.0705. The Morgan fingerprint density at radius 2 is 2.00 bits per heavy atom. The molecule has 2 aromatic heterocycles. The van der Waals surface area contributed by atoms with E-state index in [2.05, 4.69) is 10.1 Å². The van der Waals surface area contributed by atoms with Crippen molar-refractivity contribution in [2.24, 2.45) is 0 Å². The monoisotopic (exact) mass is 419 g/mol. The van der Waals surface area contributed by atoms with E-state index in [4.69, 9.17) is 16.6 Å². The van der Waals surface area contributed by atoms with Crippen molar-refractivity contribution in [2.45, 2.75) is 25.3 Å². The summed E-state index contributed by atoms with van der Waals surface area (Å²) >= 11 is 5.92. The first-order valence-electron chi connectivity index (χ1n) is 10.2. The molecule has 1 saturated heterocycles. The van der Waals surface area contributed by atoms with Crippen molar-refractivity contribution >= 4 is 28.5 Å². The number of H-pyrrole nitrogens is 1. The lowest BCUT2D eigenvalue weighted by Gasteiger charge is -2.32. The van der Waals surface area contributed by atoms with Crippen molar-refractivity contribution in [1.82, 2.24) is 24.6 Å². The van der Waals surface area contributed by atoms with Crippen LogP contribution in [-0.2, 0) is 6.54 Å². The number of carbonyl (C=O) groups is 1. The standard InChI is InChI=1S/C23H22ClN5O/c24-19-12-25-29(15-19)13-16-7-9-17(10-8-16)23(30)28-11-3-4-18(14-28)22-26-20-5-1-2-6-21(20)27-22/h1-2,5-10,12,15,18H,3-4,11,13-14H2,(H,26,27). The Morgan fingerprint density at radius 1 is 1.17 bits per heavy atom. The fraction of sp³-hybridized carbons (Fsp3) is 0.261. The van der Waals surface area contributed by atoms with E-state index in [1.54, 1.807) is 17.1 Å². The van der Waals surface area contributed by atoms with Crippen LogP contribution in [0, 0.1) is 0 Å². The van der Waals surface area contributed by atoms with Gasteiger partial charge in [0.15, 0.2) is 0 Å². The Balaban J connectivity index is 1.28. The van der Waals surface area contributed by atoms with Gasteiger partial charge in [-0.25, -0.2) is 4.98 Å². The summed E-state index contributed by atoms with van der Waals surface area (Å²) in [4.78, 5) is 23.2. The third-order valence-electron chi connectivity index (χ3n) is 5.65. The molecule has 30 heavy (non-hydrogen) atoms. The van der Waals surface area contributed by atoms with Crippen LogP contribution in [0.4, 0.5) is 0 Å². The Morgan fingerprint density at radius 3 is 2.77 bits per heavy atom. The summed E-state index contributed by atoms with van der Waals surface area (Å²) in [6, 6.07) is 15.8. The topological polar surface area (TPSA) is 66.8 Å². The highest BCUT2D eigenvalue weighted by Gasteiger charge is 2.27. The van der Waals surface area contributed by atoms with Gasteiger partial charge in [0.05, 0.1) is 28.8 Å². The molecule has 1 fully saturated rings. The number of amides is 1. The van der Waals surface area contributed by atoms with Gasteiger partial charge < -0.3 is 9.88 Å².